The summed E-state index contributed by atoms with van der Waals surface area (Å²) in [5.41, 5.74) is 0.161. The summed E-state index contributed by atoms with van der Waals surface area (Å²) < 4.78 is 1.28. The average Bonchev–Trinajstić information content (AvgIpc) is 2.51. The minimum absolute atomic E-state index is 0.161. The molecule has 0 aliphatic rings. The topological polar surface area (TPSA) is 69.4 Å². The van der Waals surface area contributed by atoms with Gasteiger partial charge in [0.2, 0.25) is 0 Å². The molecule has 6 nitrogen and oxygen atoms in total. The lowest BCUT2D eigenvalue weighted by Crippen LogP contribution is -2.47. The van der Waals surface area contributed by atoms with Crippen LogP contribution in [0.1, 0.15) is 38.1 Å². The van der Waals surface area contributed by atoms with Crippen LogP contribution in [0.5, 0.6) is 0 Å². The van der Waals surface area contributed by atoms with Crippen LogP contribution in [0.25, 0.3) is 0 Å². The van der Waals surface area contributed by atoms with Gasteiger partial charge in [-0.2, -0.15) is 0 Å². The number of nitrogens with zero attached hydrogens (tertiary/aromatic N) is 2. The van der Waals surface area contributed by atoms with Gasteiger partial charge in [-0.1, -0.05) is 18.2 Å². The molecule has 0 heterocycles. The maximum Gasteiger partial charge on any atom is 0.334 e. The van der Waals surface area contributed by atoms with E-state index in [1.807, 2.05) is 0 Å². The van der Waals surface area contributed by atoms with Gasteiger partial charge in [-0.15, -0.1) is 10.1 Å². The fourth-order valence-electron chi connectivity index (χ4n) is 2.04. The Morgan fingerprint density at radius 1 is 1.05 bits per heavy atom. The predicted molar refractivity (Wildman–Crippen MR) is 81.3 cm³/mol. The predicted octanol–water partition coefficient (Wildman–Crippen LogP) is 2.92. The lowest BCUT2D eigenvalue weighted by Gasteiger charge is -2.34. The molecule has 1 aromatic carbocycles. The van der Waals surface area contributed by atoms with Crippen molar-refractivity contribution in [3.05, 3.63) is 46.0 Å². The summed E-state index contributed by atoms with van der Waals surface area (Å²) in [6.07, 6.45) is 0. The van der Waals surface area contributed by atoms with Crippen molar-refractivity contribution in [3.63, 3.8) is 0 Å². The standard InChI is InChI=1S/C8H20N.C7H5NO4/c1-5-9(6-2,7-3)8-4;9-7(12-8(10)11)6-4-2-1-3-5-6/h5-8H2,1-4H3;1-5H/q+1;. The maximum atomic E-state index is 10.8. The number of benzene rings is 1. The SMILES string of the molecule is CC[N+](CC)(CC)CC.O=C(O[N+](=O)[O-])c1ccccc1. The lowest BCUT2D eigenvalue weighted by atomic mass is 10.2. The third kappa shape index (κ3) is 6.85. The Bertz CT molecular complexity index is 413. The van der Waals surface area contributed by atoms with Crippen molar-refractivity contribution in [2.75, 3.05) is 26.2 Å². The molecule has 0 radical (unpaired) electrons. The van der Waals surface area contributed by atoms with Crippen LogP contribution in [0.4, 0.5) is 0 Å². The molecule has 0 fully saturated rings. The fourth-order valence-corrected chi connectivity index (χ4v) is 2.04. The van der Waals surface area contributed by atoms with Gasteiger partial charge in [0.15, 0.2) is 0 Å². The van der Waals surface area contributed by atoms with Gasteiger partial charge >= 0.3 is 11.1 Å². The summed E-state index contributed by atoms with van der Waals surface area (Å²) in [5.74, 6) is -0.958. The van der Waals surface area contributed by atoms with Crippen molar-refractivity contribution in [2.45, 2.75) is 27.7 Å². The first-order valence-electron chi connectivity index (χ1n) is 7.21. The van der Waals surface area contributed by atoms with E-state index in [2.05, 4.69) is 32.5 Å². The zero-order chi connectivity index (χ0) is 16.3. The molecule has 0 aliphatic heterocycles. The molecule has 0 amide bonds. The first-order chi connectivity index (χ1) is 9.94. The van der Waals surface area contributed by atoms with Crippen LogP contribution in [0.3, 0.4) is 0 Å². The Balaban J connectivity index is 0.000000400. The van der Waals surface area contributed by atoms with Crippen molar-refractivity contribution in [1.82, 2.24) is 0 Å². The van der Waals surface area contributed by atoms with Crippen molar-refractivity contribution in [1.29, 1.82) is 0 Å². The van der Waals surface area contributed by atoms with Crippen LogP contribution in [0.2, 0.25) is 0 Å². The molecule has 0 aliphatic carbocycles. The highest BCUT2D eigenvalue weighted by Gasteiger charge is 2.16. The molecular weight excluding hydrogens is 272 g/mol. The number of hydrogen-bond acceptors (Lipinski definition) is 4. The Kier molecular flexibility index (Phi) is 8.96. The van der Waals surface area contributed by atoms with E-state index in [0.717, 1.165) is 0 Å². The van der Waals surface area contributed by atoms with Crippen LogP contribution in [0, 0.1) is 10.1 Å². The summed E-state index contributed by atoms with van der Waals surface area (Å²) >= 11 is 0. The molecule has 0 aromatic heterocycles. The van der Waals surface area contributed by atoms with Crippen LogP contribution in [0.15, 0.2) is 30.3 Å². The zero-order valence-electron chi connectivity index (χ0n) is 13.2. The summed E-state index contributed by atoms with van der Waals surface area (Å²) in [5, 5.41) is 8.62. The summed E-state index contributed by atoms with van der Waals surface area (Å²) in [6.45, 7) is 14.2. The number of rotatable bonds is 6. The molecule has 0 saturated heterocycles. The second-order valence-electron chi connectivity index (χ2n) is 4.57. The third-order valence-electron chi connectivity index (χ3n) is 3.85. The lowest BCUT2D eigenvalue weighted by molar-refractivity contribution is -0.921. The number of carbonyl (C=O) groups is 1. The van der Waals surface area contributed by atoms with Crippen molar-refractivity contribution in [3.8, 4) is 0 Å². The van der Waals surface area contributed by atoms with Crippen molar-refractivity contribution >= 4 is 5.97 Å². The van der Waals surface area contributed by atoms with Gasteiger partial charge < -0.3 is 4.48 Å². The summed E-state index contributed by atoms with van der Waals surface area (Å²) in [7, 11) is 0. The number of quaternary nitrogens is 1. The molecule has 0 saturated carbocycles. The van der Waals surface area contributed by atoms with Crippen molar-refractivity contribution < 1.29 is 19.2 Å². The quantitative estimate of drug-likeness (QED) is 0.460. The van der Waals surface area contributed by atoms with Gasteiger partial charge in [0.25, 0.3) is 0 Å². The van der Waals surface area contributed by atoms with E-state index >= 15 is 0 Å². The van der Waals surface area contributed by atoms with E-state index in [4.69, 9.17) is 0 Å². The average molecular weight is 297 g/mol. The first kappa shape index (κ1) is 19.1. The van der Waals surface area contributed by atoms with Crippen molar-refractivity contribution in [2.24, 2.45) is 0 Å². The van der Waals surface area contributed by atoms with Gasteiger partial charge in [-0.25, -0.2) is 4.84 Å². The molecule has 118 valence electrons. The van der Waals surface area contributed by atoms with Gasteiger partial charge in [0, 0.05) is 5.56 Å². The smallest absolute Gasteiger partial charge is 0.325 e. The van der Waals surface area contributed by atoms with E-state index in [1.165, 1.54) is 42.8 Å². The van der Waals surface area contributed by atoms with Crippen LogP contribution >= 0.6 is 0 Å². The maximum absolute atomic E-state index is 10.8. The van der Waals surface area contributed by atoms with Gasteiger partial charge in [-0.05, 0) is 39.8 Å². The normalized spacial score (nSPS) is 10.3. The third-order valence-corrected chi connectivity index (χ3v) is 3.85. The molecule has 0 atom stereocenters. The van der Waals surface area contributed by atoms with E-state index in [-0.39, 0.29) is 5.56 Å². The Labute approximate surface area is 126 Å². The van der Waals surface area contributed by atoms with E-state index in [1.54, 1.807) is 18.2 Å². The molecule has 1 aromatic rings. The second kappa shape index (κ2) is 9.88. The van der Waals surface area contributed by atoms with Crippen LogP contribution < -0.4 is 0 Å². The number of hydrogen-bond donors (Lipinski definition) is 0. The first-order valence-corrected chi connectivity index (χ1v) is 7.21. The number of carbonyl (C=O) groups excluding carboxylic acids is 1. The van der Waals surface area contributed by atoms with E-state index in [9.17, 15) is 14.9 Å². The summed E-state index contributed by atoms with van der Waals surface area (Å²) in [6, 6.07) is 7.76. The highest BCUT2D eigenvalue weighted by Crippen LogP contribution is 2.03. The van der Waals surface area contributed by atoms with Crippen LogP contribution in [-0.4, -0.2) is 41.7 Å². The molecular formula is C15H25N2O4+. The Morgan fingerprint density at radius 2 is 1.48 bits per heavy atom. The van der Waals surface area contributed by atoms with Crippen LogP contribution in [-0.2, 0) is 4.84 Å². The highest BCUT2D eigenvalue weighted by molar-refractivity contribution is 5.88. The zero-order valence-corrected chi connectivity index (χ0v) is 13.2. The Morgan fingerprint density at radius 3 is 1.76 bits per heavy atom. The fraction of sp³-hybridized carbons (Fsp3) is 0.533. The summed E-state index contributed by atoms with van der Waals surface area (Å²) in [4.78, 5) is 24.3. The van der Waals surface area contributed by atoms with Gasteiger partial charge in [0.1, 0.15) is 0 Å². The molecule has 1 rings (SSSR count). The van der Waals surface area contributed by atoms with E-state index < -0.39 is 11.1 Å². The molecule has 6 heteroatoms. The van der Waals surface area contributed by atoms with Gasteiger partial charge in [-0.3, -0.25) is 4.79 Å². The molecule has 0 spiro atoms. The minimum atomic E-state index is -1.13. The minimum Gasteiger partial charge on any atom is -0.325 e. The monoisotopic (exact) mass is 297 g/mol. The van der Waals surface area contributed by atoms with E-state index in [0.29, 0.717) is 0 Å². The molecule has 0 bridgehead atoms. The Hall–Kier alpha value is -1.95. The second-order valence-corrected chi connectivity index (χ2v) is 4.57. The van der Waals surface area contributed by atoms with Gasteiger partial charge in [0.05, 0.1) is 26.2 Å². The highest BCUT2D eigenvalue weighted by atomic mass is 17.0. The largest absolute Gasteiger partial charge is 0.334 e. The molecule has 21 heavy (non-hydrogen) atoms. The molecule has 0 unspecified atom stereocenters. The molecule has 0 N–H and O–H groups in total.